The Morgan fingerprint density at radius 1 is 1.00 bits per heavy atom. The van der Waals surface area contributed by atoms with E-state index in [9.17, 15) is 14.7 Å². The van der Waals surface area contributed by atoms with Gasteiger partial charge in [0.1, 0.15) is 0 Å². The molecule has 4 heteroatoms. The fraction of sp³-hybridized carbons (Fsp3) is 0.263. The van der Waals surface area contributed by atoms with Crippen LogP contribution in [0.25, 0.3) is 0 Å². The Hall–Kier alpha value is -2.62. The third-order valence-corrected chi connectivity index (χ3v) is 3.84. The average Bonchev–Trinajstić information content (AvgIpc) is 2.53. The lowest BCUT2D eigenvalue weighted by Gasteiger charge is -2.25. The second-order valence-corrected chi connectivity index (χ2v) is 6.18. The van der Waals surface area contributed by atoms with Gasteiger partial charge >= 0.3 is 5.97 Å². The van der Waals surface area contributed by atoms with E-state index in [2.05, 4.69) is 5.32 Å². The first kappa shape index (κ1) is 16.7. The van der Waals surface area contributed by atoms with E-state index in [1.165, 1.54) is 0 Å². The van der Waals surface area contributed by atoms with Crippen molar-refractivity contribution in [3.63, 3.8) is 0 Å². The van der Waals surface area contributed by atoms with Gasteiger partial charge in [-0.3, -0.25) is 4.79 Å². The molecule has 0 radical (unpaired) electrons. The Kier molecular flexibility index (Phi) is 5.16. The smallest absolute Gasteiger partial charge is 0.330 e. The molecule has 0 aliphatic carbocycles. The van der Waals surface area contributed by atoms with Crippen LogP contribution in [0.4, 0.5) is 0 Å². The van der Waals surface area contributed by atoms with Crippen molar-refractivity contribution in [3.05, 3.63) is 71.8 Å². The predicted molar refractivity (Wildman–Crippen MR) is 89.0 cm³/mol. The van der Waals surface area contributed by atoms with Crippen LogP contribution in [0.5, 0.6) is 0 Å². The molecule has 0 aliphatic rings. The maximum atomic E-state index is 12.3. The molecule has 0 heterocycles. The summed E-state index contributed by atoms with van der Waals surface area (Å²) in [6.07, 6.45) is 0.216. The van der Waals surface area contributed by atoms with E-state index in [4.69, 9.17) is 0 Å². The number of amides is 1. The average molecular weight is 311 g/mol. The normalized spacial score (nSPS) is 12.4. The van der Waals surface area contributed by atoms with Crippen LogP contribution >= 0.6 is 0 Å². The molecule has 0 bridgehead atoms. The maximum absolute atomic E-state index is 12.3. The standard InChI is InChI=1S/C19H21NO3/c1-19(2,15-11-7-4-8-12-15)13-16(21)20-17(18(22)23)14-9-5-3-6-10-14/h3-12,17H,13H2,1-2H3,(H,20,21)(H,22,23). The lowest BCUT2D eigenvalue weighted by molar-refractivity contribution is -0.142. The van der Waals surface area contributed by atoms with Crippen molar-refractivity contribution in [3.8, 4) is 0 Å². The summed E-state index contributed by atoms with van der Waals surface area (Å²) in [4.78, 5) is 23.8. The molecule has 2 aromatic carbocycles. The van der Waals surface area contributed by atoms with Crippen LogP contribution in [0.2, 0.25) is 0 Å². The first-order valence-electron chi connectivity index (χ1n) is 7.53. The minimum Gasteiger partial charge on any atom is -0.479 e. The summed E-state index contributed by atoms with van der Waals surface area (Å²) in [5, 5.41) is 12.0. The number of carboxylic acids is 1. The van der Waals surface area contributed by atoms with Crippen molar-refractivity contribution < 1.29 is 14.7 Å². The molecule has 0 aliphatic heterocycles. The molecule has 0 spiro atoms. The van der Waals surface area contributed by atoms with Gasteiger partial charge in [0.15, 0.2) is 6.04 Å². The van der Waals surface area contributed by atoms with Gasteiger partial charge in [0.05, 0.1) is 0 Å². The third-order valence-electron chi connectivity index (χ3n) is 3.84. The SMILES string of the molecule is CC(C)(CC(=O)NC(C(=O)O)c1ccccc1)c1ccccc1. The predicted octanol–water partition coefficient (Wildman–Crippen LogP) is 3.30. The number of carboxylic acid groups (broad SMARTS) is 1. The topological polar surface area (TPSA) is 66.4 Å². The monoisotopic (exact) mass is 311 g/mol. The van der Waals surface area contributed by atoms with E-state index in [0.29, 0.717) is 5.56 Å². The Labute approximate surface area is 136 Å². The molecule has 4 nitrogen and oxygen atoms in total. The summed E-state index contributed by atoms with van der Waals surface area (Å²) in [6, 6.07) is 17.4. The number of hydrogen-bond acceptors (Lipinski definition) is 2. The van der Waals surface area contributed by atoms with E-state index < -0.39 is 12.0 Å². The first-order valence-corrected chi connectivity index (χ1v) is 7.53. The fourth-order valence-corrected chi connectivity index (χ4v) is 2.54. The highest BCUT2D eigenvalue weighted by molar-refractivity contribution is 5.85. The molecule has 2 N–H and O–H groups in total. The largest absolute Gasteiger partial charge is 0.479 e. The molecule has 1 amide bonds. The van der Waals surface area contributed by atoms with E-state index in [0.717, 1.165) is 5.56 Å². The van der Waals surface area contributed by atoms with Gasteiger partial charge in [-0.1, -0.05) is 74.5 Å². The number of hydrogen-bond donors (Lipinski definition) is 2. The molecular formula is C19H21NO3. The van der Waals surface area contributed by atoms with Crippen LogP contribution in [0, 0.1) is 0 Å². The van der Waals surface area contributed by atoms with Gasteiger partial charge in [0.25, 0.3) is 0 Å². The lowest BCUT2D eigenvalue weighted by Crippen LogP contribution is -2.37. The summed E-state index contributed by atoms with van der Waals surface area (Å²) in [5.74, 6) is -1.35. The summed E-state index contributed by atoms with van der Waals surface area (Å²) >= 11 is 0. The number of benzene rings is 2. The van der Waals surface area contributed by atoms with Crippen LogP contribution in [-0.4, -0.2) is 17.0 Å². The zero-order valence-electron chi connectivity index (χ0n) is 13.3. The van der Waals surface area contributed by atoms with Crippen LogP contribution in [0.1, 0.15) is 37.4 Å². The first-order chi connectivity index (χ1) is 10.9. The molecule has 1 atom stereocenters. The minimum absolute atomic E-state index is 0.216. The van der Waals surface area contributed by atoms with Gasteiger partial charge in [0.2, 0.25) is 5.91 Å². The highest BCUT2D eigenvalue weighted by Gasteiger charge is 2.27. The number of aliphatic carboxylic acids is 1. The Balaban J connectivity index is 2.10. The fourth-order valence-electron chi connectivity index (χ4n) is 2.54. The van der Waals surface area contributed by atoms with Crippen molar-refractivity contribution >= 4 is 11.9 Å². The third kappa shape index (κ3) is 4.42. The maximum Gasteiger partial charge on any atom is 0.330 e. The molecule has 1 unspecified atom stereocenters. The zero-order valence-corrected chi connectivity index (χ0v) is 13.3. The van der Waals surface area contributed by atoms with Crippen LogP contribution in [0.15, 0.2) is 60.7 Å². The molecule has 2 rings (SSSR count). The number of carbonyl (C=O) groups excluding carboxylic acids is 1. The van der Waals surface area contributed by atoms with E-state index in [1.807, 2.05) is 50.2 Å². The molecule has 23 heavy (non-hydrogen) atoms. The van der Waals surface area contributed by atoms with Crippen LogP contribution in [-0.2, 0) is 15.0 Å². The second-order valence-electron chi connectivity index (χ2n) is 6.18. The quantitative estimate of drug-likeness (QED) is 0.860. The molecule has 0 aromatic heterocycles. The van der Waals surface area contributed by atoms with Gasteiger partial charge in [-0.2, -0.15) is 0 Å². The van der Waals surface area contributed by atoms with Crippen molar-refractivity contribution in [2.24, 2.45) is 0 Å². The second kappa shape index (κ2) is 7.09. The van der Waals surface area contributed by atoms with Crippen molar-refractivity contribution in [1.29, 1.82) is 0 Å². The number of rotatable bonds is 6. The minimum atomic E-state index is -1.07. The lowest BCUT2D eigenvalue weighted by atomic mass is 9.81. The number of nitrogens with one attached hydrogen (secondary N) is 1. The number of carbonyl (C=O) groups is 2. The summed E-state index contributed by atoms with van der Waals surface area (Å²) < 4.78 is 0. The van der Waals surface area contributed by atoms with E-state index in [-0.39, 0.29) is 17.7 Å². The van der Waals surface area contributed by atoms with Crippen molar-refractivity contribution in [2.45, 2.75) is 31.7 Å². The van der Waals surface area contributed by atoms with Crippen molar-refractivity contribution in [1.82, 2.24) is 5.32 Å². The van der Waals surface area contributed by atoms with Crippen molar-refractivity contribution in [2.75, 3.05) is 0 Å². The zero-order chi connectivity index (χ0) is 16.9. The molecular weight excluding hydrogens is 290 g/mol. The Morgan fingerprint density at radius 3 is 2.04 bits per heavy atom. The summed E-state index contributed by atoms with van der Waals surface area (Å²) in [6.45, 7) is 3.94. The molecule has 0 saturated carbocycles. The van der Waals surface area contributed by atoms with Crippen LogP contribution < -0.4 is 5.32 Å². The molecule has 0 fully saturated rings. The Morgan fingerprint density at radius 2 is 1.52 bits per heavy atom. The Bertz CT molecular complexity index is 666. The van der Waals surface area contributed by atoms with Crippen LogP contribution in [0.3, 0.4) is 0 Å². The highest BCUT2D eigenvalue weighted by atomic mass is 16.4. The van der Waals surface area contributed by atoms with E-state index >= 15 is 0 Å². The molecule has 120 valence electrons. The highest BCUT2D eigenvalue weighted by Crippen LogP contribution is 2.27. The summed E-state index contributed by atoms with van der Waals surface area (Å²) in [7, 11) is 0. The van der Waals surface area contributed by atoms with Gasteiger partial charge in [-0.25, -0.2) is 4.79 Å². The van der Waals surface area contributed by atoms with Gasteiger partial charge in [-0.05, 0) is 16.5 Å². The van der Waals surface area contributed by atoms with Gasteiger partial charge in [0, 0.05) is 6.42 Å². The van der Waals surface area contributed by atoms with E-state index in [1.54, 1.807) is 24.3 Å². The molecule has 2 aromatic rings. The van der Waals surface area contributed by atoms with Gasteiger partial charge < -0.3 is 10.4 Å². The molecule has 0 saturated heterocycles. The van der Waals surface area contributed by atoms with Gasteiger partial charge in [-0.15, -0.1) is 0 Å². The summed E-state index contributed by atoms with van der Waals surface area (Å²) in [5.41, 5.74) is 1.23.